The van der Waals surface area contributed by atoms with E-state index in [0.717, 1.165) is 0 Å². The molecule has 1 atom stereocenters. The maximum Gasteiger partial charge on any atom is 0.416 e. The monoisotopic (exact) mass is 653 g/mol. The van der Waals surface area contributed by atoms with Gasteiger partial charge in [0, 0.05) is 0 Å². The van der Waals surface area contributed by atoms with Crippen LogP contribution in [0.2, 0.25) is 18.1 Å². The summed E-state index contributed by atoms with van der Waals surface area (Å²) in [5, 5.41) is 2.97. The minimum absolute atomic E-state index is 0.0379. The van der Waals surface area contributed by atoms with Gasteiger partial charge in [-0.3, -0.25) is 0 Å². The first-order valence-electron chi connectivity index (χ1n) is 13.5. The summed E-state index contributed by atoms with van der Waals surface area (Å²) in [7, 11) is -3.25. The number of benzene rings is 2. The molecule has 0 saturated carbocycles. The first-order valence-corrected chi connectivity index (χ1v) is 16.1. The van der Waals surface area contributed by atoms with E-state index in [9.17, 15) is 52.7 Å². The van der Waals surface area contributed by atoms with Gasteiger partial charge in [0.05, 0.1) is 27.8 Å². The fourth-order valence-corrected chi connectivity index (χ4v) is 8.88. The summed E-state index contributed by atoms with van der Waals surface area (Å²) in [6, 6.07) is 1.77. The van der Waals surface area contributed by atoms with Crippen LogP contribution in [0.1, 0.15) is 73.9 Å². The summed E-state index contributed by atoms with van der Waals surface area (Å²) in [5.41, 5.74) is -13.1. The average Bonchev–Trinajstić information content (AvgIpc) is 3.35. The van der Waals surface area contributed by atoms with Crippen LogP contribution in [0, 0.1) is 0 Å². The molecule has 0 bridgehead atoms. The lowest BCUT2D eigenvalue weighted by atomic mass is 9.69. The molecule has 43 heavy (non-hydrogen) atoms. The van der Waals surface area contributed by atoms with Crippen molar-refractivity contribution in [3.05, 3.63) is 69.8 Å². The van der Waals surface area contributed by atoms with Crippen molar-refractivity contribution in [2.45, 2.75) is 94.5 Å². The van der Waals surface area contributed by atoms with Crippen molar-refractivity contribution in [2.24, 2.45) is 0 Å². The fourth-order valence-electron chi connectivity index (χ4n) is 5.84. The molecule has 2 aromatic carbocycles. The molecule has 1 unspecified atom stereocenters. The minimum atomic E-state index is -5.34. The van der Waals surface area contributed by atoms with Gasteiger partial charge in [0.1, 0.15) is 5.60 Å². The lowest BCUT2D eigenvalue weighted by Gasteiger charge is -2.52. The minimum Gasteiger partial charge on any atom is -0.402 e. The molecule has 2 aromatic rings. The van der Waals surface area contributed by atoms with Crippen LogP contribution in [0.3, 0.4) is 0 Å². The lowest BCUT2D eigenvalue weighted by molar-refractivity contribution is -0.144. The third-order valence-electron chi connectivity index (χ3n) is 8.44. The Morgan fingerprint density at radius 1 is 0.605 bits per heavy atom. The standard InChI is InChI=1S/C28H31F12NOSi/c1-5-43(6-2,7-3)42-24(23(4)9-8-10-41-23,17-11-19(25(29,30)31)15-20(12-17)26(32,33)34)18-13-21(27(35,36)37)16-22(14-18)28(38,39)40/h11-16,41H,5-10H2,1-4H3. The smallest absolute Gasteiger partial charge is 0.402 e. The molecule has 15 heteroatoms. The van der Waals surface area contributed by atoms with Gasteiger partial charge in [-0.1, -0.05) is 20.8 Å². The van der Waals surface area contributed by atoms with E-state index in [-0.39, 0.29) is 49.7 Å². The number of nitrogens with one attached hydrogen (secondary N) is 1. The number of alkyl halides is 12. The molecule has 0 amide bonds. The average molecular weight is 654 g/mol. The predicted molar refractivity (Wildman–Crippen MR) is 138 cm³/mol. The molecular formula is C28H31F12NOSi. The van der Waals surface area contributed by atoms with Crippen LogP contribution in [0.25, 0.3) is 0 Å². The highest BCUT2D eigenvalue weighted by atomic mass is 28.4. The Morgan fingerprint density at radius 2 is 0.907 bits per heavy atom. The Bertz CT molecular complexity index is 1140. The van der Waals surface area contributed by atoms with E-state index >= 15 is 0 Å². The number of hydrogen-bond donors (Lipinski definition) is 1. The van der Waals surface area contributed by atoms with Gasteiger partial charge in [0.2, 0.25) is 0 Å². The molecule has 0 aromatic heterocycles. The second-order valence-electron chi connectivity index (χ2n) is 11.0. The van der Waals surface area contributed by atoms with Crippen molar-refractivity contribution < 1.29 is 57.1 Å². The highest BCUT2D eigenvalue weighted by molar-refractivity contribution is 6.73. The van der Waals surface area contributed by atoms with E-state index in [1.807, 2.05) is 0 Å². The van der Waals surface area contributed by atoms with E-state index in [1.54, 1.807) is 20.8 Å². The van der Waals surface area contributed by atoms with Gasteiger partial charge in [0.25, 0.3) is 0 Å². The Balaban J connectivity index is 2.69. The third-order valence-corrected chi connectivity index (χ3v) is 13.0. The molecular weight excluding hydrogens is 622 g/mol. The molecule has 1 saturated heterocycles. The van der Waals surface area contributed by atoms with Crippen LogP contribution >= 0.6 is 0 Å². The highest BCUT2D eigenvalue weighted by Gasteiger charge is 2.58. The summed E-state index contributed by atoms with van der Waals surface area (Å²) in [6.07, 6.45) is -21.1. The van der Waals surface area contributed by atoms with E-state index in [4.69, 9.17) is 4.43 Å². The number of hydrogen-bond acceptors (Lipinski definition) is 2. The zero-order valence-electron chi connectivity index (χ0n) is 23.7. The lowest BCUT2D eigenvalue weighted by Crippen LogP contribution is -2.62. The van der Waals surface area contributed by atoms with Crippen molar-refractivity contribution in [3.8, 4) is 0 Å². The predicted octanol–water partition coefficient (Wildman–Crippen LogP) is 10.2. The normalized spacial score (nSPS) is 19.3. The van der Waals surface area contributed by atoms with Crippen LogP contribution in [0.15, 0.2) is 36.4 Å². The van der Waals surface area contributed by atoms with Gasteiger partial charge in [-0.15, -0.1) is 0 Å². The summed E-state index contributed by atoms with van der Waals surface area (Å²) in [5.74, 6) is 0. The van der Waals surface area contributed by atoms with Crippen LogP contribution in [0.4, 0.5) is 52.7 Å². The number of rotatable bonds is 8. The van der Waals surface area contributed by atoms with Crippen LogP contribution in [-0.4, -0.2) is 20.4 Å². The first-order chi connectivity index (χ1) is 19.5. The SMILES string of the molecule is CC[Si](CC)(CC)OC(c1cc(C(F)(F)F)cc(C(F)(F)F)c1)(c1cc(C(F)(F)F)cc(C(F)(F)F)c1)C1(C)CCCN1. The fraction of sp³-hybridized carbons (Fsp3) is 0.571. The Hall–Kier alpha value is -2.26. The van der Waals surface area contributed by atoms with Crippen molar-refractivity contribution in [1.29, 1.82) is 0 Å². The maximum absolute atomic E-state index is 14.1. The van der Waals surface area contributed by atoms with E-state index in [2.05, 4.69) is 5.32 Å². The Labute approximate surface area is 241 Å². The molecule has 3 rings (SSSR count). The Kier molecular flexibility index (Phi) is 9.49. The highest BCUT2D eigenvalue weighted by Crippen LogP contribution is 2.53. The van der Waals surface area contributed by atoms with Crippen molar-refractivity contribution >= 4 is 8.32 Å². The van der Waals surface area contributed by atoms with Crippen LogP contribution < -0.4 is 5.32 Å². The van der Waals surface area contributed by atoms with Crippen LogP contribution in [-0.2, 0) is 34.7 Å². The van der Waals surface area contributed by atoms with Gasteiger partial charge in [-0.05, 0) is 92.0 Å². The first kappa shape index (κ1) is 35.2. The molecule has 1 N–H and O–H groups in total. The van der Waals surface area contributed by atoms with Gasteiger partial charge in [0.15, 0.2) is 8.32 Å². The second-order valence-corrected chi connectivity index (χ2v) is 15.7. The molecule has 1 aliphatic heterocycles. The van der Waals surface area contributed by atoms with Gasteiger partial charge in [-0.25, -0.2) is 0 Å². The summed E-state index contributed by atoms with van der Waals surface area (Å²) < 4.78 is 175. The quantitative estimate of drug-likeness (QED) is 0.226. The van der Waals surface area contributed by atoms with E-state index < -0.39 is 77.5 Å². The molecule has 242 valence electrons. The molecule has 0 spiro atoms. The zero-order valence-corrected chi connectivity index (χ0v) is 24.7. The summed E-state index contributed by atoms with van der Waals surface area (Å²) in [6.45, 7) is 6.47. The van der Waals surface area contributed by atoms with Gasteiger partial charge in [-0.2, -0.15) is 52.7 Å². The topological polar surface area (TPSA) is 21.3 Å². The molecule has 0 radical (unpaired) electrons. The van der Waals surface area contributed by atoms with Crippen molar-refractivity contribution in [3.63, 3.8) is 0 Å². The van der Waals surface area contributed by atoms with Gasteiger partial charge < -0.3 is 9.74 Å². The maximum atomic E-state index is 14.1. The summed E-state index contributed by atoms with van der Waals surface area (Å²) >= 11 is 0. The molecule has 1 heterocycles. The van der Waals surface area contributed by atoms with E-state index in [1.165, 1.54) is 6.92 Å². The number of halogens is 12. The summed E-state index contributed by atoms with van der Waals surface area (Å²) in [4.78, 5) is 0. The third kappa shape index (κ3) is 6.87. The van der Waals surface area contributed by atoms with Crippen LogP contribution in [0.5, 0.6) is 0 Å². The molecule has 1 aliphatic rings. The van der Waals surface area contributed by atoms with Crippen molar-refractivity contribution in [2.75, 3.05) is 6.54 Å². The molecule has 0 aliphatic carbocycles. The zero-order chi connectivity index (χ0) is 32.9. The molecule has 1 fully saturated rings. The van der Waals surface area contributed by atoms with E-state index in [0.29, 0.717) is 24.3 Å². The largest absolute Gasteiger partial charge is 0.416 e. The molecule has 2 nitrogen and oxygen atoms in total. The van der Waals surface area contributed by atoms with Crippen molar-refractivity contribution in [1.82, 2.24) is 5.32 Å². The Morgan fingerprint density at radius 3 is 1.14 bits per heavy atom. The van der Waals surface area contributed by atoms with Gasteiger partial charge >= 0.3 is 24.7 Å². The second kappa shape index (κ2) is 11.6.